The van der Waals surface area contributed by atoms with Crippen LogP contribution in [0.4, 0.5) is 0 Å². The Balaban J connectivity index is 1.14. The zero-order valence-corrected chi connectivity index (χ0v) is 20.0. The Bertz CT molecular complexity index is 1090. The van der Waals surface area contributed by atoms with Crippen molar-refractivity contribution in [2.24, 2.45) is 17.8 Å². The lowest BCUT2D eigenvalue weighted by atomic mass is 9.50. The molecule has 4 saturated carbocycles. The summed E-state index contributed by atoms with van der Waals surface area (Å²) in [4.78, 5) is 5.10. The van der Waals surface area contributed by atoms with E-state index in [1.807, 2.05) is 29.5 Å². The van der Waals surface area contributed by atoms with Crippen LogP contribution in [-0.4, -0.2) is 29.4 Å². The summed E-state index contributed by atoms with van der Waals surface area (Å²) in [7, 11) is 3.23. The van der Waals surface area contributed by atoms with Crippen LogP contribution in [0.15, 0.2) is 33.2 Å². The van der Waals surface area contributed by atoms with Gasteiger partial charge in [0.25, 0.3) is 5.22 Å². The molecule has 6 nitrogen and oxygen atoms in total. The molecule has 0 saturated heterocycles. The largest absolute Gasteiger partial charge is 0.493 e. The average Bonchev–Trinajstić information content (AvgIpc) is 3.46. The highest BCUT2D eigenvalue weighted by Crippen LogP contribution is 2.61. The van der Waals surface area contributed by atoms with E-state index in [-0.39, 0.29) is 0 Å². The smallest absolute Gasteiger partial charge is 0.277 e. The SMILES string of the molecule is COc1ccc(-c2nnc(SCc3csc(C45CC6CC(CC(C6)C4)C5)n3)o2)cc1OC. The molecule has 1 aromatic carbocycles. The number of benzene rings is 1. The van der Waals surface area contributed by atoms with E-state index in [4.69, 9.17) is 18.9 Å². The molecular weight excluding hydrogens is 442 g/mol. The fraction of sp³-hybridized carbons (Fsp3) is 0.542. The molecule has 7 rings (SSSR count). The van der Waals surface area contributed by atoms with Crippen molar-refractivity contribution in [3.05, 3.63) is 34.3 Å². The van der Waals surface area contributed by atoms with Crippen LogP contribution in [-0.2, 0) is 11.2 Å². The van der Waals surface area contributed by atoms with Gasteiger partial charge in [-0.1, -0.05) is 11.8 Å². The molecule has 8 heteroatoms. The molecule has 32 heavy (non-hydrogen) atoms. The highest BCUT2D eigenvalue weighted by atomic mass is 32.2. The van der Waals surface area contributed by atoms with E-state index in [0.29, 0.717) is 28.0 Å². The molecule has 0 amide bonds. The molecule has 168 valence electrons. The third kappa shape index (κ3) is 3.61. The zero-order chi connectivity index (χ0) is 21.7. The van der Waals surface area contributed by atoms with E-state index in [1.54, 1.807) is 26.0 Å². The number of hydrogen-bond donors (Lipinski definition) is 0. The quantitative estimate of drug-likeness (QED) is 0.395. The highest BCUT2D eigenvalue weighted by molar-refractivity contribution is 7.98. The summed E-state index contributed by atoms with van der Waals surface area (Å²) in [6.07, 6.45) is 8.47. The van der Waals surface area contributed by atoms with E-state index in [2.05, 4.69) is 15.6 Å². The van der Waals surface area contributed by atoms with Gasteiger partial charge in [0.2, 0.25) is 5.89 Å². The number of thiazole rings is 1. The molecular formula is C24H27N3O3S2. The summed E-state index contributed by atoms with van der Waals surface area (Å²) in [5, 5.41) is 12.6. The lowest BCUT2D eigenvalue weighted by Crippen LogP contribution is -2.48. The van der Waals surface area contributed by atoms with Crippen molar-refractivity contribution in [3.63, 3.8) is 0 Å². The van der Waals surface area contributed by atoms with Gasteiger partial charge in [0.1, 0.15) is 0 Å². The van der Waals surface area contributed by atoms with Crippen molar-refractivity contribution in [1.29, 1.82) is 0 Å². The summed E-state index contributed by atoms with van der Waals surface area (Å²) in [6, 6.07) is 5.58. The van der Waals surface area contributed by atoms with Gasteiger partial charge < -0.3 is 13.9 Å². The fourth-order valence-corrected chi connectivity index (χ4v) is 8.29. The first kappa shape index (κ1) is 20.5. The average molecular weight is 470 g/mol. The van der Waals surface area contributed by atoms with Gasteiger partial charge in [-0.3, -0.25) is 0 Å². The normalized spacial score (nSPS) is 28.2. The molecule has 4 aliphatic carbocycles. The van der Waals surface area contributed by atoms with Crippen LogP contribution in [0, 0.1) is 17.8 Å². The minimum Gasteiger partial charge on any atom is -0.493 e. The molecule has 0 radical (unpaired) electrons. The molecule has 0 unspecified atom stereocenters. The van der Waals surface area contributed by atoms with Gasteiger partial charge in [-0.05, 0) is 74.5 Å². The molecule has 2 heterocycles. The predicted molar refractivity (Wildman–Crippen MR) is 124 cm³/mol. The molecule has 0 atom stereocenters. The van der Waals surface area contributed by atoms with Crippen LogP contribution in [0.3, 0.4) is 0 Å². The molecule has 3 aromatic rings. The number of hydrogen-bond acceptors (Lipinski definition) is 8. The first-order valence-corrected chi connectivity index (χ1v) is 13.1. The number of thioether (sulfide) groups is 1. The van der Waals surface area contributed by atoms with E-state index >= 15 is 0 Å². The maximum Gasteiger partial charge on any atom is 0.277 e. The van der Waals surface area contributed by atoms with Crippen LogP contribution >= 0.6 is 23.1 Å². The van der Waals surface area contributed by atoms with E-state index in [1.165, 1.54) is 43.5 Å². The molecule has 4 bridgehead atoms. The second-order valence-corrected chi connectivity index (χ2v) is 11.4. The van der Waals surface area contributed by atoms with Gasteiger partial charge in [0.15, 0.2) is 11.5 Å². The van der Waals surface area contributed by atoms with Gasteiger partial charge >= 0.3 is 0 Å². The summed E-state index contributed by atoms with van der Waals surface area (Å²) >= 11 is 3.41. The van der Waals surface area contributed by atoms with Crippen LogP contribution in [0.1, 0.15) is 49.2 Å². The van der Waals surface area contributed by atoms with Crippen LogP contribution in [0.2, 0.25) is 0 Å². The maximum absolute atomic E-state index is 5.89. The first-order valence-electron chi connectivity index (χ1n) is 11.3. The predicted octanol–water partition coefficient (Wildman–Crippen LogP) is 5.97. The minimum atomic E-state index is 0.368. The van der Waals surface area contributed by atoms with Crippen molar-refractivity contribution in [1.82, 2.24) is 15.2 Å². The summed E-state index contributed by atoms with van der Waals surface area (Å²) in [5.74, 6) is 5.35. The zero-order valence-electron chi connectivity index (χ0n) is 18.4. The number of nitrogens with zero attached hydrogens (tertiary/aromatic N) is 3. The summed E-state index contributed by atoms with van der Waals surface area (Å²) < 4.78 is 16.6. The van der Waals surface area contributed by atoms with Gasteiger partial charge in [-0.15, -0.1) is 21.5 Å². The van der Waals surface area contributed by atoms with E-state index in [9.17, 15) is 0 Å². The van der Waals surface area contributed by atoms with Crippen molar-refractivity contribution in [2.75, 3.05) is 14.2 Å². The molecule has 0 aliphatic heterocycles. The van der Waals surface area contributed by atoms with Gasteiger partial charge in [0.05, 0.1) is 24.9 Å². The molecule has 0 N–H and O–H groups in total. The number of ether oxygens (including phenoxy) is 2. The third-order valence-electron chi connectivity index (χ3n) is 7.42. The van der Waals surface area contributed by atoms with Crippen molar-refractivity contribution in [2.45, 2.75) is 54.9 Å². The lowest BCUT2D eigenvalue weighted by molar-refractivity contribution is -0.00532. The summed E-state index contributed by atoms with van der Waals surface area (Å²) in [5.41, 5.74) is 2.30. The monoisotopic (exact) mass is 469 g/mol. The second kappa shape index (κ2) is 8.06. The van der Waals surface area contributed by atoms with Crippen LogP contribution < -0.4 is 9.47 Å². The Hall–Kier alpha value is -2.06. The highest BCUT2D eigenvalue weighted by Gasteiger charge is 2.52. The van der Waals surface area contributed by atoms with Gasteiger partial charge in [-0.2, -0.15) is 0 Å². The number of methoxy groups -OCH3 is 2. The molecule has 2 aromatic heterocycles. The standard InChI is InChI=1S/C24H27N3O3S2/c1-28-19-4-3-17(8-20(19)29-2)21-26-27-23(30-21)32-13-18-12-31-22(25-18)24-9-14-5-15(10-24)7-16(6-14)11-24/h3-4,8,12,14-16H,5-7,9-11,13H2,1-2H3. The Morgan fingerprint density at radius 3 is 2.44 bits per heavy atom. The van der Waals surface area contributed by atoms with Gasteiger partial charge in [-0.25, -0.2) is 4.98 Å². The van der Waals surface area contributed by atoms with Crippen LogP contribution in [0.5, 0.6) is 11.5 Å². The second-order valence-electron chi connectivity index (χ2n) is 9.57. The van der Waals surface area contributed by atoms with Gasteiger partial charge in [0, 0.05) is 22.1 Å². The molecule has 4 fully saturated rings. The molecule has 0 spiro atoms. The number of rotatable bonds is 7. The molecule has 4 aliphatic rings. The van der Waals surface area contributed by atoms with Crippen molar-refractivity contribution in [3.8, 4) is 23.0 Å². The third-order valence-corrected chi connectivity index (χ3v) is 9.41. The first-order chi connectivity index (χ1) is 15.6. The van der Waals surface area contributed by atoms with E-state index in [0.717, 1.165) is 34.8 Å². The topological polar surface area (TPSA) is 70.3 Å². The Morgan fingerprint density at radius 1 is 1.03 bits per heavy atom. The van der Waals surface area contributed by atoms with Crippen molar-refractivity contribution < 1.29 is 13.9 Å². The summed E-state index contributed by atoms with van der Waals surface area (Å²) in [6.45, 7) is 0. The number of aromatic nitrogens is 3. The van der Waals surface area contributed by atoms with Crippen LogP contribution in [0.25, 0.3) is 11.5 Å². The Morgan fingerprint density at radius 2 is 1.75 bits per heavy atom. The maximum atomic E-state index is 5.89. The fourth-order valence-electron chi connectivity index (χ4n) is 6.48. The Kier molecular flexibility index (Phi) is 5.17. The minimum absolute atomic E-state index is 0.368. The lowest BCUT2D eigenvalue weighted by Gasteiger charge is -2.56. The Labute approximate surface area is 196 Å². The van der Waals surface area contributed by atoms with Crippen molar-refractivity contribution >= 4 is 23.1 Å². The van der Waals surface area contributed by atoms with E-state index < -0.39 is 0 Å².